The Labute approximate surface area is 151 Å². The van der Waals surface area contributed by atoms with E-state index in [0.717, 1.165) is 32.1 Å². The monoisotopic (exact) mass is 419 g/mol. The van der Waals surface area contributed by atoms with E-state index in [4.69, 9.17) is 4.99 Å². The van der Waals surface area contributed by atoms with Crippen molar-refractivity contribution in [3.05, 3.63) is 18.5 Å². The van der Waals surface area contributed by atoms with Crippen LogP contribution in [0.3, 0.4) is 0 Å². The van der Waals surface area contributed by atoms with Crippen molar-refractivity contribution >= 4 is 29.9 Å². The number of nitrogens with one attached hydrogen (secondary N) is 2. The summed E-state index contributed by atoms with van der Waals surface area (Å²) < 4.78 is 1.93. The average molecular weight is 419 g/mol. The molecule has 2 rings (SSSR count). The highest BCUT2D eigenvalue weighted by atomic mass is 127. The Bertz CT molecular complexity index is 424. The number of nitrogens with zero attached hydrogens (tertiary/aromatic N) is 3. The Hall–Kier alpha value is -0.790. The minimum Gasteiger partial charge on any atom is -0.357 e. The molecule has 2 N–H and O–H groups in total. The molecular weight excluding hydrogens is 389 g/mol. The molecule has 1 fully saturated rings. The lowest BCUT2D eigenvalue weighted by Gasteiger charge is -2.25. The second-order valence-electron chi connectivity index (χ2n) is 5.95. The maximum atomic E-state index is 4.82. The number of hydrogen-bond acceptors (Lipinski definition) is 2. The van der Waals surface area contributed by atoms with E-state index in [1.165, 1.54) is 32.1 Å². The van der Waals surface area contributed by atoms with Gasteiger partial charge in [0.1, 0.15) is 0 Å². The quantitative estimate of drug-likeness (QED) is 0.406. The van der Waals surface area contributed by atoms with Crippen LogP contribution in [0.15, 0.2) is 23.5 Å². The third-order valence-corrected chi connectivity index (χ3v) is 4.52. The number of halogens is 1. The number of aliphatic imine (C=N–C) groups is 1. The fraction of sp³-hybridized carbons (Fsp3) is 0.750. The Balaban J connectivity index is 0.00000242. The molecule has 0 spiro atoms. The molecule has 0 radical (unpaired) electrons. The van der Waals surface area contributed by atoms with Crippen LogP contribution in [0.1, 0.15) is 46.0 Å². The second-order valence-corrected chi connectivity index (χ2v) is 5.95. The fourth-order valence-corrected chi connectivity index (χ4v) is 3.06. The molecule has 1 aliphatic rings. The number of guanidine groups is 1. The van der Waals surface area contributed by atoms with E-state index < -0.39 is 0 Å². The molecule has 0 aromatic carbocycles. The molecule has 22 heavy (non-hydrogen) atoms. The fourth-order valence-electron chi connectivity index (χ4n) is 3.06. The zero-order chi connectivity index (χ0) is 15.0. The van der Waals surface area contributed by atoms with Gasteiger partial charge in [0.2, 0.25) is 0 Å². The standard InChI is InChI=1S/C16H29N5.HI/c1-3-16(8-5-6-9-16)14-19-15(17-4-2)18-11-13-21-12-7-10-20-21;/h7,10,12H,3-6,8-9,11,13-14H2,1-2H3,(H2,17,18,19);1H. The predicted octanol–water partition coefficient (Wildman–Crippen LogP) is 3.03. The first-order valence-corrected chi connectivity index (χ1v) is 8.27. The van der Waals surface area contributed by atoms with Gasteiger partial charge in [0, 0.05) is 32.0 Å². The molecule has 0 aliphatic heterocycles. The summed E-state index contributed by atoms with van der Waals surface area (Å²) in [5.41, 5.74) is 0.449. The van der Waals surface area contributed by atoms with Crippen LogP contribution in [0.4, 0.5) is 0 Å². The summed E-state index contributed by atoms with van der Waals surface area (Å²) in [5, 5.41) is 10.9. The molecule has 1 heterocycles. The van der Waals surface area contributed by atoms with E-state index in [2.05, 4.69) is 29.6 Å². The molecule has 0 saturated heterocycles. The van der Waals surface area contributed by atoms with Crippen LogP contribution in [-0.2, 0) is 6.54 Å². The number of hydrogen-bond donors (Lipinski definition) is 2. The topological polar surface area (TPSA) is 54.2 Å². The van der Waals surface area contributed by atoms with E-state index in [1.54, 1.807) is 0 Å². The maximum Gasteiger partial charge on any atom is 0.191 e. The van der Waals surface area contributed by atoms with Crippen molar-refractivity contribution < 1.29 is 0 Å². The van der Waals surface area contributed by atoms with Crippen molar-refractivity contribution in [3.63, 3.8) is 0 Å². The molecule has 1 aromatic rings. The molecule has 5 nitrogen and oxygen atoms in total. The van der Waals surface area contributed by atoms with Gasteiger partial charge in [0.25, 0.3) is 0 Å². The van der Waals surface area contributed by atoms with Gasteiger partial charge in [-0.3, -0.25) is 9.67 Å². The van der Waals surface area contributed by atoms with Gasteiger partial charge in [-0.25, -0.2) is 0 Å². The normalized spacial score (nSPS) is 17.1. The summed E-state index contributed by atoms with van der Waals surface area (Å²) >= 11 is 0. The minimum atomic E-state index is 0. The summed E-state index contributed by atoms with van der Waals surface area (Å²) in [4.78, 5) is 4.82. The van der Waals surface area contributed by atoms with Gasteiger partial charge in [0.05, 0.1) is 6.54 Å². The van der Waals surface area contributed by atoms with Gasteiger partial charge < -0.3 is 10.6 Å². The number of rotatable bonds is 7. The first kappa shape index (κ1) is 19.3. The lowest BCUT2D eigenvalue weighted by molar-refractivity contribution is 0.297. The summed E-state index contributed by atoms with van der Waals surface area (Å²) in [6.45, 7) is 7.95. The van der Waals surface area contributed by atoms with Crippen molar-refractivity contribution in [2.45, 2.75) is 52.5 Å². The van der Waals surface area contributed by atoms with Crippen LogP contribution in [-0.4, -0.2) is 35.4 Å². The van der Waals surface area contributed by atoms with Crippen molar-refractivity contribution in [1.82, 2.24) is 20.4 Å². The summed E-state index contributed by atoms with van der Waals surface area (Å²) in [5.74, 6) is 0.935. The third-order valence-electron chi connectivity index (χ3n) is 4.52. The van der Waals surface area contributed by atoms with Crippen LogP contribution in [0.2, 0.25) is 0 Å². The summed E-state index contributed by atoms with van der Waals surface area (Å²) in [6.07, 6.45) is 10.4. The molecule has 0 unspecified atom stereocenters. The molecule has 0 atom stereocenters. The molecule has 1 aromatic heterocycles. The van der Waals surface area contributed by atoms with Crippen LogP contribution >= 0.6 is 24.0 Å². The molecule has 6 heteroatoms. The smallest absolute Gasteiger partial charge is 0.191 e. The Morgan fingerprint density at radius 2 is 2.05 bits per heavy atom. The summed E-state index contributed by atoms with van der Waals surface area (Å²) in [7, 11) is 0. The van der Waals surface area contributed by atoms with Gasteiger partial charge in [-0.05, 0) is 37.7 Å². The molecule has 0 amide bonds. The maximum absolute atomic E-state index is 4.82. The largest absolute Gasteiger partial charge is 0.357 e. The van der Waals surface area contributed by atoms with Gasteiger partial charge in [-0.1, -0.05) is 19.8 Å². The highest BCUT2D eigenvalue weighted by molar-refractivity contribution is 14.0. The van der Waals surface area contributed by atoms with E-state index in [-0.39, 0.29) is 24.0 Å². The predicted molar refractivity (Wildman–Crippen MR) is 103 cm³/mol. The van der Waals surface area contributed by atoms with E-state index in [1.807, 2.05) is 23.1 Å². The van der Waals surface area contributed by atoms with Crippen molar-refractivity contribution in [1.29, 1.82) is 0 Å². The SMILES string of the molecule is CCNC(=NCC1(CC)CCCC1)NCCn1cccn1.I. The average Bonchev–Trinajstić information content (AvgIpc) is 3.17. The van der Waals surface area contributed by atoms with Crippen molar-refractivity contribution in [2.24, 2.45) is 10.4 Å². The molecular formula is C16H30IN5. The highest BCUT2D eigenvalue weighted by Crippen LogP contribution is 2.41. The zero-order valence-electron chi connectivity index (χ0n) is 13.8. The molecule has 1 aliphatic carbocycles. The van der Waals surface area contributed by atoms with E-state index >= 15 is 0 Å². The lowest BCUT2D eigenvalue weighted by atomic mass is 9.84. The van der Waals surface area contributed by atoms with Gasteiger partial charge in [0.15, 0.2) is 5.96 Å². The van der Waals surface area contributed by atoms with E-state index in [9.17, 15) is 0 Å². The minimum absolute atomic E-state index is 0. The van der Waals surface area contributed by atoms with Crippen LogP contribution in [0.5, 0.6) is 0 Å². The third kappa shape index (κ3) is 5.78. The lowest BCUT2D eigenvalue weighted by Crippen LogP contribution is -2.39. The number of aromatic nitrogens is 2. The van der Waals surface area contributed by atoms with Gasteiger partial charge in [-0.2, -0.15) is 5.10 Å². The molecule has 1 saturated carbocycles. The Morgan fingerprint density at radius 1 is 1.27 bits per heavy atom. The first-order chi connectivity index (χ1) is 10.3. The van der Waals surface area contributed by atoms with Crippen molar-refractivity contribution in [3.8, 4) is 0 Å². The van der Waals surface area contributed by atoms with Gasteiger partial charge >= 0.3 is 0 Å². The van der Waals surface area contributed by atoms with Crippen LogP contribution in [0.25, 0.3) is 0 Å². The zero-order valence-corrected chi connectivity index (χ0v) is 16.2. The second kappa shape index (κ2) is 10.1. The first-order valence-electron chi connectivity index (χ1n) is 8.27. The van der Waals surface area contributed by atoms with Crippen LogP contribution < -0.4 is 10.6 Å². The van der Waals surface area contributed by atoms with Crippen LogP contribution in [0, 0.1) is 5.41 Å². The molecule has 0 bridgehead atoms. The molecule has 126 valence electrons. The van der Waals surface area contributed by atoms with Crippen molar-refractivity contribution in [2.75, 3.05) is 19.6 Å². The Morgan fingerprint density at radius 3 is 2.64 bits per heavy atom. The highest BCUT2D eigenvalue weighted by Gasteiger charge is 2.31. The summed E-state index contributed by atoms with van der Waals surface area (Å²) in [6, 6.07) is 1.95. The van der Waals surface area contributed by atoms with Gasteiger partial charge in [-0.15, -0.1) is 24.0 Å². The van der Waals surface area contributed by atoms with E-state index in [0.29, 0.717) is 5.41 Å². The Kier molecular flexibility index (Phi) is 8.82.